The van der Waals surface area contributed by atoms with Crippen LogP contribution in [-0.2, 0) is 12.7 Å². The maximum absolute atomic E-state index is 12.5. The summed E-state index contributed by atoms with van der Waals surface area (Å²) in [7, 11) is 0. The molecule has 1 amide bonds. The molecule has 7 heteroatoms. The first-order valence-electron chi connectivity index (χ1n) is 3.94. The number of amides is 1. The molecule has 15 heavy (non-hydrogen) atoms. The van der Waals surface area contributed by atoms with Crippen molar-refractivity contribution in [1.82, 2.24) is 10.3 Å². The fraction of sp³-hybridized carbons (Fsp3) is 0.250. The van der Waals surface area contributed by atoms with Crippen LogP contribution < -0.4 is 5.32 Å². The summed E-state index contributed by atoms with van der Waals surface area (Å²) < 4.78 is 37.5. The van der Waals surface area contributed by atoms with E-state index < -0.39 is 23.3 Å². The Morgan fingerprint density at radius 2 is 2.13 bits per heavy atom. The lowest BCUT2D eigenvalue weighted by Crippen LogP contribution is -2.18. The van der Waals surface area contributed by atoms with Gasteiger partial charge < -0.3 is 5.32 Å². The lowest BCUT2D eigenvalue weighted by Gasteiger charge is -2.09. The Balaban J connectivity index is 2.69. The van der Waals surface area contributed by atoms with E-state index in [2.05, 4.69) is 10.3 Å². The highest BCUT2D eigenvalue weighted by atomic mass is 35.5. The second kappa shape index (κ2) is 3.10. The van der Waals surface area contributed by atoms with Crippen LogP contribution in [0.2, 0.25) is 5.15 Å². The fourth-order valence-corrected chi connectivity index (χ4v) is 1.64. The summed E-state index contributed by atoms with van der Waals surface area (Å²) in [5, 5.41) is 2.02. The molecule has 1 aromatic rings. The molecule has 0 unspecified atom stereocenters. The third kappa shape index (κ3) is 1.65. The van der Waals surface area contributed by atoms with Crippen LogP contribution in [0.25, 0.3) is 0 Å². The summed E-state index contributed by atoms with van der Waals surface area (Å²) in [6.07, 6.45) is -4.67. The van der Waals surface area contributed by atoms with Crippen LogP contribution in [0.4, 0.5) is 13.2 Å². The van der Waals surface area contributed by atoms with Crippen molar-refractivity contribution < 1.29 is 18.0 Å². The van der Waals surface area contributed by atoms with Crippen molar-refractivity contribution in [2.75, 3.05) is 0 Å². The van der Waals surface area contributed by atoms with Gasteiger partial charge in [0.15, 0.2) is 5.69 Å². The number of pyridine rings is 1. The number of hydrogen-bond donors (Lipinski definition) is 1. The lowest BCUT2D eigenvalue weighted by atomic mass is 10.1. The minimum atomic E-state index is -4.67. The van der Waals surface area contributed by atoms with E-state index in [0.29, 0.717) is 0 Å². The average Bonchev–Trinajstić information content (AvgIpc) is 2.44. The molecule has 1 N–H and O–H groups in total. The van der Waals surface area contributed by atoms with E-state index in [1.54, 1.807) is 0 Å². The highest BCUT2D eigenvalue weighted by molar-refractivity contribution is 6.29. The van der Waals surface area contributed by atoms with Crippen LogP contribution in [0, 0.1) is 0 Å². The van der Waals surface area contributed by atoms with Crippen LogP contribution in [0.5, 0.6) is 0 Å². The smallest absolute Gasteiger partial charge is 0.348 e. The number of nitrogens with one attached hydrogen (secondary N) is 1. The van der Waals surface area contributed by atoms with Crippen molar-refractivity contribution in [2.24, 2.45) is 0 Å². The highest BCUT2D eigenvalue weighted by Crippen LogP contribution is 2.34. The number of fused-ring (bicyclic) bond motifs is 1. The largest absolute Gasteiger partial charge is 0.434 e. The fourth-order valence-electron chi connectivity index (χ4n) is 1.42. The summed E-state index contributed by atoms with van der Waals surface area (Å²) in [5.74, 6) is -0.763. The maximum Gasteiger partial charge on any atom is 0.434 e. The summed E-state index contributed by atoms with van der Waals surface area (Å²) in [6, 6.07) is 1.25. The molecule has 0 aliphatic carbocycles. The average molecular weight is 237 g/mol. The van der Waals surface area contributed by atoms with E-state index in [9.17, 15) is 18.0 Å². The van der Waals surface area contributed by atoms with Gasteiger partial charge in [-0.05, 0) is 11.6 Å². The summed E-state index contributed by atoms with van der Waals surface area (Å²) in [4.78, 5) is 14.3. The van der Waals surface area contributed by atoms with E-state index in [1.165, 1.54) is 6.07 Å². The first-order chi connectivity index (χ1) is 6.89. The van der Waals surface area contributed by atoms with Gasteiger partial charge in [0.05, 0.1) is 5.56 Å². The zero-order chi connectivity index (χ0) is 11.2. The normalized spacial score (nSPS) is 15.1. The van der Waals surface area contributed by atoms with Crippen LogP contribution in [0.15, 0.2) is 6.07 Å². The Hall–Kier alpha value is -1.30. The van der Waals surface area contributed by atoms with Gasteiger partial charge in [-0.15, -0.1) is 0 Å². The predicted molar refractivity (Wildman–Crippen MR) is 45.4 cm³/mol. The molecule has 3 nitrogen and oxygen atoms in total. The second-order valence-electron chi connectivity index (χ2n) is 3.01. The molecule has 80 valence electrons. The molecular formula is C8H4ClF3N2O. The number of carbonyl (C=O) groups excluding carboxylic acids is 1. The number of nitrogens with zero attached hydrogens (tertiary/aromatic N) is 1. The molecule has 2 heterocycles. The van der Waals surface area contributed by atoms with Gasteiger partial charge in [0.1, 0.15) is 5.15 Å². The Bertz CT molecular complexity index is 444. The Labute approximate surface area is 87.3 Å². The predicted octanol–water partition coefficient (Wildman–Crippen LogP) is 2.00. The van der Waals surface area contributed by atoms with Gasteiger partial charge >= 0.3 is 6.18 Å². The Morgan fingerprint density at radius 1 is 1.47 bits per heavy atom. The molecular weight excluding hydrogens is 233 g/mol. The van der Waals surface area contributed by atoms with Gasteiger partial charge in [-0.2, -0.15) is 13.2 Å². The molecule has 1 aliphatic heterocycles. The van der Waals surface area contributed by atoms with Gasteiger partial charge in [-0.1, -0.05) is 11.6 Å². The molecule has 0 radical (unpaired) electrons. The first-order valence-corrected chi connectivity index (χ1v) is 4.32. The standard InChI is InChI=1S/C8H4ClF3N2O/c9-4-1-3-2-13-7(15)5(3)6(14-4)8(10,11)12/h1H,2H2,(H,13,15). The number of aromatic nitrogens is 1. The van der Waals surface area contributed by atoms with E-state index in [-0.39, 0.29) is 17.3 Å². The topological polar surface area (TPSA) is 42.0 Å². The Morgan fingerprint density at radius 3 is 2.73 bits per heavy atom. The minimum absolute atomic E-state index is 0.0550. The number of carbonyl (C=O) groups is 1. The van der Waals surface area contributed by atoms with Gasteiger partial charge in [0.25, 0.3) is 5.91 Å². The van der Waals surface area contributed by atoms with Crippen molar-refractivity contribution in [1.29, 1.82) is 0 Å². The van der Waals surface area contributed by atoms with Crippen molar-refractivity contribution in [3.63, 3.8) is 0 Å². The zero-order valence-corrected chi connectivity index (χ0v) is 7.91. The summed E-state index contributed by atoms with van der Waals surface area (Å²) in [6.45, 7) is 0.0550. The molecule has 2 rings (SSSR count). The van der Waals surface area contributed by atoms with Crippen molar-refractivity contribution in [3.05, 3.63) is 28.0 Å². The maximum atomic E-state index is 12.5. The molecule has 1 aliphatic rings. The number of alkyl halides is 3. The van der Waals surface area contributed by atoms with Crippen molar-refractivity contribution >= 4 is 17.5 Å². The van der Waals surface area contributed by atoms with E-state index in [4.69, 9.17) is 11.6 Å². The molecule has 0 aromatic carbocycles. The molecule has 0 bridgehead atoms. The van der Waals surface area contributed by atoms with Crippen LogP contribution in [0.3, 0.4) is 0 Å². The second-order valence-corrected chi connectivity index (χ2v) is 3.40. The minimum Gasteiger partial charge on any atom is -0.348 e. The third-order valence-electron chi connectivity index (χ3n) is 2.00. The van der Waals surface area contributed by atoms with Gasteiger partial charge in [-0.25, -0.2) is 4.98 Å². The number of hydrogen-bond acceptors (Lipinski definition) is 2. The monoisotopic (exact) mass is 236 g/mol. The quantitative estimate of drug-likeness (QED) is 0.700. The van der Waals surface area contributed by atoms with E-state index >= 15 is 0 Å². The van der Waals surface area contributed by atoms with E-state index in [1.807, 2.05) is 0 Å². The highest BCUT2D eigenvalue weighted by Gasteiger charge is 2.40. The van der Waals surface area contributed by atoms with Crippen LogP contribution in [0.1, 0.15) is 21.6 Å². The van der Waals surface area contributed by atoms with E-state index in [0.717, 1.165) is 0 Å². The van der Waals surface area contributed by atoms with Gasteiger partial charge in [0.2, 0.25) is 0 Å². The zero-order valence-electron chi connectivity index (χ0n) is 7.15. The molecule has 0 fully saturated rings. The van der Waals surface area contributed by atoms with Crippen LogP contribution in [-0.4, -0.2) is 10.9 Å². The summed E-state index contributed by atoms with van der Waals surface area (Å²) >= 11 is 5.43. The van der Waals surface area contributed by atoms with Gasteiger partial charge in [0, 0.05) is 6.54 Å². The lowest BCUT2D eigenvalue weighted by molar-refractivity contribution is -0.141. The number of halogens is 4. The van der Waals surface area contributed by atoms with Crippen molar-refractivity contribution in [2.45, 2.75) is 12.7 Å². The molecule has 0 atom stereocenters. The summed E-state index contributed by atoms with van der Waals surface area (Å²) in [5.41, 5.74) is -1.42. The molecule has 1 aromatic heterocycles. The van der Waals surface area contributed by atoms with Crippen LogP contribution >= 0.6 is 11.6 Å². The number of rotatable bonds is 0. The SMILES string of the molecule is O=C1NCc2cc(Cl)nc(C(F)(F)F)c21. The molecule has 0 spiro atoms. The molecule has 0 saturated carbocycles. The third-order valence-corrected chi connectivity index (χ3v) is 2.20. The van der Waals surface area contributed by atoms with Gasteiger partial charge in [-0.3, -0.25) is 4.79 Å². The van der Waals surface area contributed by atoms with Crippen molar-refractivity contribution in [3.8, 4) is 0 Å². The Kier molecular flexibility index (Phi) is 2.11. The molecule has 0 saturated heterocycles. The first kappa shape index (κ1) is 10.2.